The van der Waals surface area contributed by atoms with Crippen LogP contribution in [0.1, 0.15) is 23.3 Å². The van der Waals surface area contributed by atoms with Crippen LogP contribution in [0.3, 0.4) is 0 Å². The number of carbonyl (C=O) groups is 3. The second-order valence-electron chi connectivity index (χ2n) is 7.77. The lowest BCUT2D eigenvalue weighted by atomic mass is 10.1. The van der Waals surface area contributed by atoms with E-state index in [4.69, 9.17) is 15.2 Å². The van der Waals surface area contributed by atoms with Crippen LogP contribution >= 0.6 is 0 Å². The van der Waals surface area contributed by atoms with E-state index >= 15 is 0 Å². The fourth-order valence-electron chi connectivity index (χ4n) is 3.37. The molecule has 1 aromatic carbocycles. The highest BCUT2D eigenvalue weighted by Gasteiger charge is 2.32. The third kappa shape index (κ3) is 4.86. The van der Waals surface area contributed by atoms with E-state index in [9.17, 15) is 14.4 Å². The Hall–Kier alpha value is -4.15. The highest BCUT2D eigenvalue weighted by molar-refractivity contribution is 5.99. The van der Waals surface area contributed by atoms with Crippen molar-refractivity contribution in [2.24, 2.45) is 11.7 Å². The van der Waals surface area contributed by atoms with Crippen LogP contribution < -0.4 is 25.8 Å². The molecule has 4 rings (SSSR count). The first-order valence-corrected chi connectivity index (χ1v) is 10.4. The summed E-state index contributed by atoms with van der Waals surface area (Å²) in [5.74, 6) is -0.0299. The Bertz CT molecular complexity index is 1110. The van der Waals surface area contributed by atoms with E-state index in [0.29, 0.717) is 30.3 Å². The number of ether oxygens (including phenoxy) is 2. The topological polar surface area (TPSA) is 149 Å². The lowest BCUT2D eigenvalue weighted by Gasteiger charge is -2.38. The monoisotopic (exact) mass is 452 g/mol. The molecule has 3 amide bonds. The number of para-hydroxylation sites is 1. The molecule has 0 atom stereocenters. The number of amides is 3. The Balaban J connectivity index is 1.54. The maximum Gasteiger partial charge on any atom is 0.271 e. The van der Waals surface area contributed by atoms with Crippen molar-refractivity contribution in [2.45, 2.75) is 18.9 Å². The number of hydrogen-bond donors (Lipinski definition) is 3. The predicted octanol–water partition coefficient (Wildman–Crippen LogP) is 1.45. The molecule has 172 valence electrons. The minimum Gasteiger partial charge on any atom is -0.491 e. The van der Waals surface area contributed by atoms with Crippen molar-refractivity contribution in [1.82, 2.24) is 15.1 Å². The molecule has 11 nitrogen and oxygen atoms in total. The first-order chi connectivity index (χ1) is 15.9. The number of hydrogen-bond acceptors (Lipinski definition) is 8. The Morgan fingerprint density at radius 1 is 1.21 bits per heavy atom. The van der Waals surface area contributed by atoms with Gasteiger partial charge in [0.25, 0.3) is 5.91 Å². The van der Waals surface area contributed by atoms with Crippen molar-refractivity contribution >= 4 is 34.9 Å². The van der Waals surface area contributed by atoms with Crippen LogP contribution in [0, 0.1) is 5.92 Å². The molecule has 2 fully saturated rings. The number of methoxy groups -OCH3 is 1. The highest BCUT2D eigenvalue weighted by Crippen LogP contribution is 2.38. The van der Waals surface area contributed by atoms with E-state index in [2.05, 4.69) is 27.4 Å². The van der Waals surface area contributed by atoms with Gasteiger partial charge in [0.15, 0.2) is 23.0 Å². The first-order valence-electron chi connectivity index (χ1n) is 10.4. The normalized spacial score (nSPS) is 15.2. The van der Waals surface area contributed by atoms with Crippen molar-refractivity contribution in [3.05, 3.63) is 42.6 Å². The maximum atomic E-state index is 12.1. The van der Waals surface area contributed by atoms with E-state index in [-0.39, 0.29) is 41.0 Å². The number of nitrogens with two attached hydrogens (primary N) is 1. The van der Waals surface area contributed by atoms with Crippen LogP contribution in [0.15, 0.2) is 36.9 Å². The van der Waals surface area contributed by atoms with Gasteiger partial charge in [-0.2, -0.15) is 0 Å². The molecule has 1 aliphatic heterocycles. The fourth-order valence-corrected chi connectivity index (χ4v) is 3.37. The summed E-state index contributed by atoms with van der Waals surface area (Å²) in [6, 6.07) is 6.71. The average molecular weight is 452 g/mol. The van der Waals surface area contributed by atoms with Gasteiger partial charge in [0.2, 0.25) is 11.8 Å². The van der Waals surface area contributed by atoms with Gasteiger partial charge in [-0.25, -0.2) is 0 Å². The Morgan fingerprint density at radius 2 is 1.97 bits per heavy atom. The number of primary amides is 1. The van der Waals surface area contributed by atoms with Gasteiger partial charge in [-0.05, 0) is 31.1 Å². The summed E-state index contributed by atoms with van der Waals surface area (Å²) in [5, 5.41) is 13.5. The lowest BCUT2D eigenvalue weighted by Crippen LogP contribution is -2.55. The van der Waals surface area contributed by atoms with Gasteiger partial charge in [0.05, 0.1) is 31.6 Å². The second kappa shape index (κ2) is 9.15. The summed E-state index contributed by atoms with van der Waals surface area (Å²) in [5.41, 5.74) is 6.11. The summed E-state index contributed by atoms with van der Waals surface area (Å²) in [6.07, 6.45) is 2.76. The summed E-state index contributed by atoms with van der Waals surface area (Å²) >= 11 is 0. The number of aromatic nitrogens is 2. The number of benzene rings is 1. The molecule has 2 aliphatic rings. The Morgan fingerprint density at radius 3 is 2.61 bits per heavy atom. The van der Waals surface area contributed by atoms with Gasteiger partial charge < -0.3 is 30.7 Å². The molecule has 1 aliphatic carbocycles. The van der Waals surface area contributed by atoms with Crippen LogP contribution in [0.4, 0.5) is 17.2 Å². The van der Waals surface area contributed by atoms with E-state index in [1.54, 1.807) is 23.1 Å². The van der Waals surface area contributed by atoms with Crippen molar-refractivity contribution in [2.75, 3.05) is 30.8 Å². The number of nitrogens with one attached hydrogen (secondary N) is 2. The van der Waals surface area contributed by atoms with E-state index in [1.807, 2.05) is 0 Å². The first kappa shape index (κ1) is 22.1. The SMILES string of the molecule is C=CC(=O)N1CC(Oc2cccc(Nc3cc(NC(=O)C4CC4)nnc3C(N)=O)c2OC)C1. The second-order valence-corrected chi connectivity index (χ2v) is 7.77. The Kier molecular flexibility index (Phi) is 6.11. The Labute approximate surface area is 189 Å². The van der Waals surface area contributed by atoms with Crippen molar-refractivity contribution in [1.29, 1.82) is 0 Å². The van der Waals surface area contributed by atoms with Crippen LogP contribution in [0.5, 0.6) is 11.5 Å². The average Bonchev–Trinajstić information content (AvgIpc) is 3.61. The largest absolute Gasteiger partial charge is 0.491 e. The molecule has 4 N–H and O–H groups in total. The standard InChI is InChI=1S/C22H24N6O5/c1-3-18(29)28-10-13(11-28)33-16-6-4-5-14(20(16)32-2)24-15-9-17(25-22(31)12-7-8-12)26-27-19(15)21(23)30/h3-6,9,12-13H,1,7-8,10-11H2,2H3,(H2,23,30)(H2,24,25,26,31). The van der Waals surface area contributed by atoms with Crippen molar-refractivity contribution in [3.63, 3.8) is 0 Å². The maximum absolute atomic E-state index is 12.1. The van der Waals surface area contributed by atoms with Crippen LogP contribution in [0.2, 0.25) is 0 Å². The number of anilines is 3. The zero-order valence-electron chi connectivity index (χ0n) is 18.0. The minimum absolute atomic E-state index is 0.0165. The molecular weight excluding hydrogens is 428 g/mol. The molecule has 0 bridgehead atoms. The third-order valence-electron chi connectivity index (χ3n) is 5.31. The van der Waals surface area contributed by atoms with Gasteiger partial charge in [0.1, 0.15) is 6.10 Å². The number of carbonyl (C=O) groups excluding carboxylic acids is 3. The summed E-state index contributed by atoms with van der Waals surface area (Å²) in [4.78, 5) is 37.2. The number of rotatable bonds is 9. The highest BCUT2D eigenvalue weighted by atomic mass is 16.5. The van der Waals surface area contributed by atoms with Gasteiger partial charge in [0, 0.05) is 12.0 Å². The van der Waals surface area contributed by atoms with Crippen LogP contribution in [-0.2, 0) is 9.59 Å². The predicted molar refractivity (Wildman–Crippen MR) is 119 cm³/mol. The quantitative estimate of drug-likeness (QED) is 0.484. The molecular formula is C22H24N6O5. The molecule has 1 aromatic heterocycles. The molecule has 33 heavy (non-hydrogen) atoms. The van der Waals surface area contributed by atoms with Crippen molar-refractivity contribution in [3.8, 4) is 11.5 Å². The zero-order valence-corrected chi connectivity index (χ0v) is 18.0. The van der Waals surface area contributed by atoms with Gasteiger partial charge in [-0.15, -0.1) is 10.2 Å². The molecule has 1 saturated carbocycles. The lowest BCUT2D eigenvalue weighted by molar-refractivity contribution is -0.134. The van der Waals surface area contributed by atoms with E-state index < -0.39 is 5.91 Å². The summed E-state index contributed by atoms with van der Waals surface area (Å²) in [7, 11) is 1.49. The van der Waals surface area contributed by atoms with E-state index in [1.165, 1.54) is 19.3 Å². The minimum atomic E-state index is -0.780. The van der Waals surface area contributed by atoms with Crippen LogP contribution in [0.25, 0.3) is 0 Å². The van der Waals surface area contributed by atoms with Crippen LogP contribution in [-0.4, -0.2) is 59.1 Å². The molecule has 2 aromatic rings. The molecule has 11 heteroatoms. The summed E-state index contributed by atoms with van der Waals surface area (Å²) in [6.45, 7) is 4.36. The number of likely N-dealkylation sites (tertiary alicyclic amines) is 1. The molecule has 0 spiro atoms. The fraction of sp³-hybridized carbons (Fsp3) is 0.318. The van der Waals surface area contributed by atoms with E-state index in [0.717, 1.165) is 12.8 Å². The summed E-state index contributed by atoms with van der Waals surface area (Å²) < 4.78 is 11.5. The van der Waals surface area contributed by atoms with Gasteiger partial charge >= 0.3 is 0 Å². The van der Waals surface area contributed by atoms with Crippen molar-refractivity contribution < 1.29 is 23.9 Å². The number of nitrogens with zero attached hydrogens (tertiary/aromatic N) is 3. The van der Waals surface area contributed by atoms with Gasteiger partial charge in [-0.3, -0.25) is 14.4 Å². The molecule has 0 unspecified atom stereocenters. The smallest absolute Gasteiger partial charge is 0.271 e. The third-order valence-corrected chi connectivity index (χ3v) is 5.31. The zero-order chi connectivity index (χ0) is 23.5. The molecule has 0 radical (unpaired) electrons. The molecule has 2 heterocycles. The van der Waals surface area contributed by atoms with Gasteiger partial charge in [-0.1, -0.05) is 12.6 Å². The molecule has 1 saturated heterocycles.